The molecule has 3 aromatic rings. The number of aryl methyl sites for hydroxylation is 1. The van der Waals surface area contributed by atoms with E-state index in [1.165, 1.54) is 63.2 Å². The van der Waals surface area contributed by atoms with Gasteiger partial charge in [0, 0.05) is 0 Å². The summed E-state index contributed by atoms with van der Waals surface area (Å²) in [7, 11) is 0. The van der Waals surface area contributed by atoms with Gasteiger partial charge in [-0.3, -0.25) is 0 Å². The number of benzene rings is 3. The summed E-state index contributed by atoms with van der Waals surface area (Å²) in [5.41, 5.74) is 9.91. The molecule has 2 aliphatic rings. The molecule has 0 fully saturated rings. The molecule has 0 radical (unpaired) electrons. The summed E-state index contributed by atoms with van der Waals surface area (Å²) in [6, 6.07) is 22.4. The maximum atomic E-state index is 2.35. The Bertz CT molecular complexity index is 1460. The molecule has 5 rings (SSSR count). The summed E-state index contributed by atoms with van der Waals surface area (Å²) < 4.78 is 1.54. The van der Waals surface area contributed by atoms with Gasteiger partial charge in [0.25, 0.3) is 0 Å². The van der Waals surface area contributed by atoms with Crippen LogP contribution in [0.15, 0.2) is 72.8 Å². The number of rotatable bonds is 2. The fourth-order valence-corrected chi connectivity index (χ4v) is 6.47. The Labute approximate surface area is 211 Å². The van der Waals surface area contributed by atoms with E-state index in [1.807, 2.05) is 0 Å². The first kappa shape index (κ1) is 24.0. The average Bonchev–Trinajstić information content (AvgIpc) is 3.31. The molecule has 0 unspecified atom stereocenters. The second-order valence-corrected chi connectivity index (χ2v) is 9.94. The minimum atomic E-state index is 0. The molecule has 0 aliphatic heterocycles. The number of fused-ring (bicyclic) bond motifs is 2. The predicted octanol–water partition coefficient (Wildman–Crippen LogP) is -0.632. The van der Waals surface area contributed by atoms with E-state index in [0.717, 1.165) is 30.8 Å². The molecule has 31 heavy (non-hydrogen) atoms. The van der Waals surface area contributed by atoms with Gasteiger partial charge in [-0.2, -0.15) is 0 Å². The molecule has 3 heteroatoms. The monoisotopic (exact) mass is 609 g/mol. The Kier molecular flexibility index (Phi) is 7.31. The molecule has 0 spiro atoms. The average molecular weight is 609 g/mol. The molecule has 3 aromatic carbocycles. The maximum Gasteiger partial charge on any atom is -1.00 e. The van der Waals surface area contributed by atoms with Gasteiger partial charge in [0.2, 0.25) is 0 Å². The fraction of sp³-hybridized carbons (Fsp3) is 0.143. The van der Waals surface area contributed by atoms with Crippen molar-refractivity contribution in [3.63, 3.8) is 0 Å². The Morgan fingerprint density at radius 3 is 2.16 bits per heavy atom. The van der Waals surface area contributed by atoms with Crippen molar-refractivity contribution in [2.75, 3.05) is 0 Å². The van der Waals surface area contributed by atoms with Crippen LogP contribution >= 0.6 is 0 Å². The van der Waals surface area contributed by atoms with Crippen LogP contribution < -0.4 is 35.3 Å². The molecule has 0 aromatic heterocycles. The van der Waals surface area contributed by atoms with Crippen molar-refractivity contribution in [3.05, 3.63) is 116 Å². The van der Waals surface area contributed by atoms with E-state index < -0.39 is 0 Å². The third-order valence-corrected chi connectivity index (χ3v) is 8.02. The Hall–Kier alpha value is -1.67. The normalized spacial score (nSPS) is 13.5. The summed E-state index contributed by atoms with van der Waals surface area (Å²) in [6.45, 7) is 6.71. The Balaban J connectivity index is 0.00000136. The van der Waals surface area contributed by atoms with Crippen LogP contribution in [0.25, 0.3) is 20.0 Å². The first-order valence-corrected chi connectivity index (χ1v) is 12.0. The molecular weight excluding hydrogens is 586 g/mol. The molecule has 2 aliphatic carbocycles. The minimum absolute atomic E-state index is 0. The van der Waals surface area contributed by atoms with E-state index in [9.17, 15) is 0 Å². The number of hydrogen-bond donors (Lipinski definition) is 0. The van der Waals surface area contributed by atoms with E-state index in [-0.39, 0.29) is 24.8 Å². The third kappa shape index (κ3) is 3.86. The molecule has 0 atom stereocenters. The van der Waals surface area contributed by atoms with E-state index in [0.29, 0.717) is 0 Å². The summed E-state index contributed by atoms with van der Waals surface area (Å²) in [6.07, 6.45) is 5.67. The summed E-state index contributed by atoms with van der Waals surface area (Å²) in [4.78, 5) is 0. The van der Waals surface area contributed by atoms with Crippen LogP contribution in [0.4, 0.5) is 0 Å². The molecular formula is C28H23Cl2Hf. The van der Waals surface area contributed by atoms with Crippen molar-refractivity contribution in [3.8, 4) is 0 Å². The number of allylic oxidation sites excluding steroid dienone is 4. The van der Waals surface area contributed by atoms with Gasteiger partial charge in [-0.05, 0) is 0 Å². The summed E-state index contributed by atoms with van der Waals surface area (Å²) in [5.74, 6) is 0. The van der Waals surface area contributed by atoms with Crippen molar-refractivity contribution < 1.29 is 49.2 Å². The van der Waals surface area contributed by atoms with Crippen LogP contribution in [0, 0.1) is 17.4 Å². The van der Waals surface area contributed by atoms with E-state index in [4.69, 9.17) is 0 Å². The summed E-state index contributed by atoms with van der Waals surface area (Å²) >= 11 is 1.05. The largest absolute Gasteiger partial charge is 1.00 e. The number of halogens is 2. The van der Waals surface area contributed by atoms with E-state index >= 15 is 0 Å². The van der Waals surface area contributed by atoms with Crippen LogP contribution in [0.2, 0.25) is 0 Å². The van der Waals surface area contributed by atoms with Crippen LogP contribution in [-0.2, 0) is 24.4 Å². The first-order chi connectivity index (χ1) is 14.1. The second kappa shape index (κ2) is 9.45. The van der Waals surface area contributed by atoms with Gasteiger partial charge in [-0.1, -0.05) is 0 Å². The second-order valence-electron chi connectivity index (χ2n) is 8.14. The van der Waals surface area contributed by atoms with Crippen LogP contribution in [0.3, 0.4) is 0 Å². The van der Waals surface area contributed by atoms with Crippen LogP contribution in [0.1, 0.15) is 42.5 Å². The first-order valence-electron chi connectivity index (χ1n) is 10.2. The molecule has 0 bridgehead atoms. The van der Waals surface area contributed by atoms with Crippen molar-refractivity contribution >= 4 is 20.0 Å². The van der Waals surface area contributed by atoms with Gasteiger partial charge in [0.15, 0.2) is 0 Å². The minimum Gasteiger partial charge on any atom is -1.00 e. The quantitative estimate of drug-likeness (QED) is 0.340. The molecule has 0 saturated heterocycles. The topological polar surface area (TPSA) is 0 Å². The Morgan fingerprint density at radius 2 is 1.45 bits per heavy atom. The maximum absolute atomic E-state index is 2.35. The zero-order valence-corrected chi connectivity index (χ0v) is 23.0. The standard InChI is InChI=1S/C28H23.2ClH.Hf/c1-18(2)21-15-16-25-23-12-7-5-10-20(23)17-27(25)28(21)26-14-8-13-24(26)22-11-6-4-9-19(22)3;;;/h4-13,15-16H,14H2,1-3H3;2*1H;/q;;;+2/p-2. The van der Waals surface area contributed by atoms with Crippen molar-refractivity contribution in [2.45, 2.75) is 27.2 Å². The van der Waals surface area contributed by atoms with Crippen LogP contribution in [-0.4, -0.2) is 0 Å². The molecule has 153 valence electrons. The SMILES string of the molecule is CC(C)=c1ccc2c(c1C1=C(c3ccccc3C)C=CC1)[C]([Hf+2])=c1ccccc1=2.[Cl-].[Cl-]. The van der Waals surface area contributed by atoms with E-state index in [2.05, 4.69) is 93.6 Å². The smallest absolute Gasteiger partial charge is 1.00 e. The van der Waals surface area contributed by atoms with Gasteiger partial charge in [0.05, 0.1) is 0 Å². The van der Waals surface area contributed by atoms with Gasteiger partial charge < -0.3 is 24.8 Å². The fourth-order valence-electron chi connectivity index (χ4n) is 4.76. The van der Waals surface area contributed by atoms with Crippen molar-refractivity contribution in [1.29, 1.82) is 0 Å². The zero-order chi connectivity index (χ0) is 20.1. The van der Waals surface area contributed by atoms with Crippen molar-refractivity contribution in [1.82, 2.24) is 0 Å². The van der Waals surface area contributed by atoms with E-state index in [1.54, 1.807) is 0 Å². The summed E-state index contributed by atoms with van der Waals surface area (Å²) in [5, 5.41) is 5.65. The molecule has 0 N–H and O–H groups in total. The van der Waals surface area contributed by atoms with Gasteiger partial charge in [-0.15, -0.1) is 0 Å². The molecule has 0 nitrogen and oxygen atoms in total. The molecule has 0 heterocycles. The third-order valence-electron chi connectivity index (χ3n) is 6.15. The van der Waals surface area contributed by atoms with Gasteiger partial charge in [-0.25, -0.2) is 0 Å². The van der Waals surface area contributed by atoms with Crippen LogP contribution in [0.5, 0.6) is 0 Å². The molecule has 0 saturated carbocycles. The Morgan fingerprint density at radius 1 is 0.774 bits per heavy atom. The van der Waals surface area contributed by atoms with Crippen molar-refractivity contribution in [2.24, 2.45) is 0 Å². The zero-order valence-electron chi connectivity index (χ0n) is 17.9. The molecule has 0 amide bonds. The predicted molar refractivity (Wildman–Crippen MR) is 119 cm³/mol. The number of hydrogen-bond acceptors (Lipinski definition) is 0. The van der Waals surface area contributed by atoms with Gasteiger partial charge >= 0.3 is 188 Å². The van der Waals surface area contributed by atoms with Gasteiger partial charge in [0.1, 0.15) is 0 Å².